The Bertz CT molecular complexity index is 1420. The Balaban J connectivity index is 1.30. The van der Waals surface area contributed by atoms with Crippen LogP contribution in [0.3, 0.4) is 0 Å². The zero-order valence-electron chi connectivity index (χ0n) is 25.6. The molecule has 8 nitrogen and oxygen atoms in total. The third-order valence-electron chi connectivity index (χ3n) is 9.45. The van der Waals surface area contributed by atoms with Crippen molar-refractivity contribution in [3.63, 3.8) is 0 Å². The van der Waals surface area contributed by atoms with Gasteiger partial charge in [-0.2, -0.15) is 0 Å². The average molecular weight is 617 g/mol. The average Bonchev–Trinajstić information content (AvgIpc) is 3.07. The first-order valence-corrected chi connectivity index (χ1v) is 16.1. The van der Waals surface area contributed by atoms with E-state index in [-0.39, 0.29) is 29.6 Å². The van der Waals surface area contributed by atoms with E-state index in [9.17, 15) is 18.4 Å². The van der Waals surface area contributed by atoms with E-state index in [1.165, 1.54) is 24.3 Å². The van der Waals surface area contributed by atoms with Crippen molar-refractivity contribution in [3.05, 3.63) is 95.1 Å². The number of anilines is 2. The smallest absolute Gasteiger partial charge is 0.319 e. The fourth-order valence-corrected chi connectivity index (χ4v) is 7.13. The molecule has 238 valence electrons. The topological polar surface area (TPSA) is 85.1 Å². The minimum Gasteiger partial charge on any atom is -0.367 e. The number of benzene rings is 3. The number of nitrogens with zero attached hydrogens (tertiary/aromatic N) is 4. The van der Waals surface area contributed by atoms with Crippen LogP contribution in [-0.2, 0) is 0 Å². The quantitative estimate of drug-likeness (QED) is 0.384. The van der Waals surface area contributed by atoms with Gasteiger partial charge in [0.05, 0.1) is 17.4 Å². The Labute approximate surface area is 263 Å². The van der Waals surface area contributed by atoms with Gasteiger partial charge in [-0.25, -0.2) is 13.6 Å². The molecule has 0 aromatic heterocycles. The molecule has 0 bridgehead atoms. The molecule has 0 radical (unpaired) electrons. The molecule has 3 fully saturated rings. The van der Waals surface area contributed by atoms with E-state index in [0.717, 1.165) is 62.0 Å². The highest BCUT2D eigenvalue weighted by molar-refractivity contribution is 6.00. The number of hydrogen-bond donors (Lipinski definition) is 2. The normalized spacial score (nSPS) is 18.3. The van der Waals surface area contributed by atoms with Crippen LogP contribution in [0.5, 0.6) is 0 Å². The van der Waals surface area contributed by atoms with Crippen LogP contribution >= 0.6 is 0 Å². The van der Waals surface area contributed by atoms with Crippen molar-refractivity contribution in [1.29, 1.82) is 0 Å². The number of amides is 3. The van der Waals surface area contributed by atoms with Gasteiger partial charge in [-0.1, -0.05) is 43.5 Å². The number of halogens is 2. The molecule has 3 aromatic rings. The van der Waals surface area contributed by atoms with Gasteiger partial charge in [0.25, 0.3) is 5.91 Å². The summed E-state index contributed by atoms with van der Waals surface area (Å²) >= 11 is 0. The number of carbonyl (C=O) groups is 2. The van der Waals surface area contributed by atoms with Crippen molar-refractivity contribution in [2.24, 2.45) is 5.73 Å². The monoisotopic (exact) mass is 616 g/mol. The molecule has 0 atom stereocenters. The number of rotatable bonds is 7. The number of hydrogen-bond acceptors (Lipinski definition) is 5. The van der Waals surface area contributed by atoms with E-state index in [1.807, 2.05) is 23.1 Å². The zero-order chi connectivity index (χ0) is 31.3. The van der Waals surface area contributed by atoms with E-state index in [2.05, 4.69) is 15.1 Å². The van der Waals surface area contributed by atoms with Gasteiger partial charge in [-0.3, -0.25) is 14.6 Å². The van der Waals surface area contributed by atoms with Gasteiger partial charge in [0.1, 0.15) is 11.6 Å². The first-order valence-electron chi connectivity index (χ1n) is 16.1. The van der Waals surface area contributed by atoms with Crippen LogP contribution < -0.4 is 20.9 Å². The van der Waals surface area contributed by atoms with Crippen molar-refractivity contribution in [3.8, 4) is 0 Å². The summed E-state index contributed by atoms with van der Waals surface area (Å²) in [6, 6.07) is 18.0. The molecule has 2 saturated heterocycles. The van der Waals surface area contributed by atoms with Crippen molar-refractivity contribution in [1.82, 2.24) is 15.1 Å². The van der Waals surface area contributed by atoms with E-state index in [4.69, 9.17) is 5.73 Å². The van der Waals surface area contributed by atoms with Gasteiger partial charge in [-0.15, -0.1) is 0 Å². The van der Waals surface area contributed by atoms with E-state index < -0.39 is 6.03 Å². The number of piperazine rings is 2. The summed E-state index contributed by atoms with van der Waals surface area (Å²) in [5, 5.41) is 3.29. The minimum atomic E-state index is -0.499. The fourth-order valence-electron chi connectivity index (χ4n) is 7.13. The van der Waals surface area contributed by atoms with Gasteiger partial charge in [0.15, 0.2) is 0 Å². The summed E-state index contributed by atoms with van der Waals surface area (Å²) in [6.07, 6.45) is 4.97. The van der Waals surface area contributed by atoms with Crippen molar-refractivity contribution in [2.75, 3.05) is 62.2 Å². The van der Waals surface area contributed by atoms with Crippen LogP contribution in [0.15, 0.2) is 66.7 Å². The lowest BCUT2D eigenvalue weighted by Gasteiger charge is -2.42. The molecule has 6 rings (SSSR count). The lowest BCUT2D eigenvalue weighted by Crippen LogP contribution is -2.50. The van der Waals surface area contributed by atoms with Crippen LogP contribution in [0.2, 0.25) is 0 Å². The third kappa shape index (κ3) is 6.97. The largest absolute Gasteiger partial charge is 0.367 e. The maximum absolute atomic E-state index is 13.8. The zero-order valence-corrected chi connectivity index (χ0v) is 25.6. The van der Waals surface area contributed by atoms with E-state index in [1.54, 1.807) is 29.2 Å². The van der Waals surface area contributed by atoms with Crippen LogP contribution in [0, 0.1) is 11.6 Å². The van der Waals surface area contributed by atoms with Gasteiger partial charge in [-0.05, 0) is 66.4 Å². The lowest BCUT2D eigenvalue weighted by atomic mass is 9.93. The van der Waals surface area contributed by atoms with Gasteiger partial charge in [0.2, 0.25) is 0 Å². The summed E-state index contributed by atoms with van der Waals surface area (Å²) in [6.45, 7) is 5.48. The molecule has 1 saturated carbocycles. The molecule has 1 aliphatic carbocycles. The summed E-state index contributed by atoms with van der Waals surface area (Å²) in [5.41, 5.74) is 10.1. The Morgan fingerprint density at radius 2 is 1.36 bits per heavy atom. The lowest BCUT2D eigenvalue weighted by molar-refractivity contribution is 0.0735. The second kappa shape index (κ2) is 14.0. The van der Waals surface area contributed by atoms with Gasteiger partial charge >= 0.3 is 6.03 Å². The highest BCUT2D eigenvalue weighted by Crippen LogP contribution is 2.38. The highest BCUT2D eigenvalue weighted by atomic mass is 19.1. The van der Waals surface area contributed by atoms with Crippen molar-refractivity contribution in [2.45, 2.75) is 44.2 Å². The predicted octanol–water partition coefficient (Wildman–Crippen LogP) is 5.14. The molecule has 45 heavy (non-hydrogen) atoms. The Hall–Kier alpha value is -4.02. The third-order valence-corrected chi connectivity index (χ3v) is 9.45. The standard InChI is InChI=1S/C35H42F2N6O2/c36-28-11-6-25(7-12-28)33(26-8-13-29(37)14-9-26)41-22-20-40(21-23-41)31-15-10-27(34(44)42-18-16-39-17-19-42)24-32(31)43(35(38)45)30-4-2-1-3-5-30/h6-15,24,30,33,39H,1-5,16-23H2,(H2,38,45). The van der Waals surface area contributed by atoms with Crippen molar-refractivity contribution >= 4 is 23.3 Å². The van der Waals surface area contributed by atoms with Crippen LogP contribution in [-0.4, -0.2) is 80.1 Å². The number of carbonyl (C=O) groups excluding carboxylic acids is 2. The molecule has 10 heteroatoms. The molecule has 3 aliphatic rings. The van der Waals surface area contributed by atoms with E-state index >= 15 is 0 Å². The maximum atomic E-state index is 13.8. The Kier molecular flexibility index (Phi) is 9.61. The highest BCUT2D eigenvalue weighted by Gasteiger charge is 2.32. The molecule has 3 N–H and O–H groups in total. The van der Waals surface area contributed by atoms with Crippen LogP contribution in [0.25, 0.3) is 0 Å². The van der Waals surface area contributed by atoms with Gasteiger partial charge < -0.3 is 20.9 Å². The Morgan fingerprint density at radius 3 is 1.91 bits per heavy atom. The summed E-state index contributed by atoms with van der Waals surface area (Å²) < 4.78 is 27.7. The van der Waals surface area contributed by atoms with Crippen LogP contribution in [0.4, 0.5) is 25.0 Å². The molecule has 2 heterocycles. The number of urea groups is 1. The first-order chi connectivity index (χ1) is 21.9. The molecule has 3 aromatic carbocycles. The van der Waals surface area contributed by atoms with Crippen molar-refractivity contribution < 1.29 is 18.4 Å². The Morgan fingerprint density at radius 1 is 0.778 bits per heavy atom. The van der Waals surface area contributed by atoms with E-state index in [0.29, 0.717) is 50.5 Å². The number of nitrogens with two attached hydrogens (primary N) is 1. The summed E-state index contributed by atoms with van der Waals surface area (Å²) in [5.74, 6) is -0.641. The number of nitrogens with one attached hydrogen (secondary N) is 1. The predicted molar refractivity (Wildman–Crippen MR) is 173 cm³/mol. The second-order valence-electron chi connectivity index (χ2n) is 12.3. The molecule has 0 spiro atoms. The minimum absolute atomic E-state index is 0.0119. The molecule has 2 aliphatic heterocycles. The SMILES string of the molecule is NC(=O)N(c1cc(C(=O)N2CCNCC2)ccc1N1CCN(C(c2ccc(F)cc2)c2ccc(F)cc2)CC1)C1CCCCC1. The second-order valence-corrected chi connectivity index (χ2v) is 12.3. The fraction of sp³-hybridized carbons (Fsp3) is 0.429. The molecular weight excluding hydrogens is 574 g/mol. The maximum Gasteiger partial charge on any atom is 0.319 e. The summed E-state index contributed by atoms with van der Waals surface area (Å²) in [4.78, 5) is 34.8. The first kappa shape index (κ1) is 31.0. The number of primary amides is 1. The summed E-state index contributed by atoms with van der Waals surface area (Å²) in [7, 11) is 0. The van der Waals surface area contributed by atoms with Crippen LogP contribution in [0.1, 0.15) is 59.6 Å². The molecule has 3 amide bonds. The molecular formula is C35H42F2N6O2. The van der Waals surface area contributed by atoms with Gasteiger partial charge in [0, 0.05) is 64.0 Å². The molecule has 0 unspecified atom stereocenters.